The number of nitrogens with zero attached hydrogens (tertiary/aromatic N) is 1. The average molecular weight is 432 g/mol. The SMILES string of the molecule is CCCCOC(=O)c1ccc(N2C(=O)/C(=C/c3ccc(Cl)cc3)SC2=S)cc1. The van der Waals surface area contributed by atoms with Crippen molar-refractivity contribution in [3.05, 3.63) is 69.6 Å². The zero-order valence-electron chi connectivity index (χ0n) is 15.2. The van der Waals surface area contributed by atoms with E-state index in [9.17, 15) is 9.59 Å². The van der Waals surface area contributed by atoms with Crippen LogP contribution in [-0.2, 0) is 9.53 Å². The number of esters is 1. The predicted octanol–water partition coefficient (Wildman–Crippen LogP) is 5.70. The van der Waals surface area contributed by atoms with Gasteiger partial charge >= 0.3 is 5.97 Å². The summed E-state index contributed by atoms with van der Waals surface area (Å²) in [6.45, 7) is 2.44. The van der Waals surface area contributed by atoms with E-state index in [4.69, 9.17) is 28.6 Å². The summed E-state index contributed by atoms with van der Waals surface area (Å²) in [7, 11) is 0. The summed E-state index contributed by atoms with van der Waals surface area (Å²) in [5.74, 6) is -0.559. The summed E-state index contributed by atoms with van der Waals surface area (Å²) >= 11 is 12.5. The molecule has 144 valence electrons. The van der Waals surface area contributed by atoms with Crippen LogP contribution in [0.3, 0.4) is 0 Å². The molecule has 1 aliphatic heterocycles. The zero-order chi connectivity index (χ0) is 20.1. The largest absolute Gasteiger partial charge is 0.462 e. The average Bonchev–Trinajstić information content (AvgIpc) is 2.97. The van der Waals surface area contributed by atoms with Crippen LogP contribution in [0.1, 0.15) is 35.7 Å². The van der Waals surface area contributed by atoms with Crippen LogP contribution < -0.4 is 4.90 Å². The molecule has 0 saturated carbocycles. The van der Waals surface area contributed by atoms with Gasteiger partial charge in [-0.2, -0.15) is 0 Å². The lowest BCUT2D eigenvalue weighted by atomic mass is 10.2. The van der Waals surface area contributed by atoms with Crippen LogP contribution in [0.25, 0.3) is 6.08 Å². The highest BCUT2D eigenvalue weighted by molar-refractivity contribution is 8.27. The topological polar surface area (TPSA) is 46.6 Å². The smallest absolute Gasteiger partial charge is 0.338 e. The fourth-order valence-electron chi connectivity index (χ4n) is 2.54. The summed E-state index contributed by atoms with van der Waals surface area (Å²) in [5.41, 5.74) is 1.93. The highest BCUT2D eigenvalue weighted by atomic mass is 35.5. The first-order valence-electron chi connectivity index (χ1n) is 8.80. The van der Waals surface area contributed by atoms with Gasteiger partial charge in [0.1, 0.15) is 0 Å². The number of anilines is 1. The van der Waals surface area contributed by atoms with Crippen molar-refractivity contribution >= 4 is 63.5 Å². The third kappa shape index (κ3) is 4.82. The Morgan fingerprint density at radius 1 is 1.18 bits per heavy atom. The molecule has 1 amide bonds. The number of amides is 1. The summed E-state index contributed by atoms with van der Waals surface area (Å²) in [4.78, 5) is 26.8. The van der Waals surface area contributed by atoms with E-state index in [1.165, 1.54) is 16.7 Å². The highest BCUT2D eigenvalue weighted by Gasteiger charge is 2.33. The lowest BCUT2D eigenvalue weighted by molar-refractivity contribution is -0.113. The minimum atomic E-state index is -0.368. The maximum atomic E-state index is 12.8. The lowest BCUT2D eigenvalue weighted by Crippen LogP contribution is -2.27. The number of hydrogen-bond acceptors (Lipinski definition) is 5. The second-order valence-corrected chi connectivity index (χ2v) is 8.22. The van der Waals surface area contributed by atoms with E-state index >= 15 is 0 Å². The van der Waals surface area contributed by atoms with E-state index in [1.54, 1.807) is 42.5 Å². The first kappa shape index (κ1) is 20.6. The summed E-state index contributed by atoms with van der Waals surface area (Å²) in [5, 5.41) is 0.637. The molecule has 1 heterocycles. The Balaban J connectivity index is 1.74. The second-order valence-electron chi connectivity index (χ2n) is 6.11. The number of benzene rings is 2. The second kappa shape index (κ2) is 9.37. The van der Waals surface area contributed by atoms with Crippen molar-refractivity contribution in [2.45, 2.75) is 19.8 Å². The lowest BCUT2D eigenvalue weighted by Gasteiger charge is -2.14. The third-order valence-electron chi connectivity index (χ3n) is 4.05. The molecule has 0 bridgehead atoms. The molecule has 4 nitrogen and oxygen atoms in total. The molecule has 2 aromatic rings. The minimum absolute atomic E-state index is 0.191. The number of unbranched alkanes of at least 4 members (excludes halogenated alkanes) is 1. The quantitative estimate of drug-likeness (QED) is 0.254. The predicted molar refractivity (Wildman–Crippen MR) is 119 cm³/mol. The Hall–Kier alpha value is -2.15. The summed E-state index contributed by atoms with van der Waals surface area (Å²) in [6, 6.07) is 13.9. The monoisotopic (exact) mass is 431 g/mol. The van der Waals surface area contributed by atoms with Crippen LogP contribution in [0.2, 0.25) is 5.02 Å². The number of thioether (sulfide) groups is 1. The molecule has 0 unspecified atom stereocenters. The van der Waals surface area contributed by atoms with Gasteiger partial charge < -0.3 is 4.74 Å². The maximum absolute atomic E-state index is 12.8. The van der Waals surface area contributed by atoms with Gasteiger partial charge in [-0.05, 0) is 54.5 Å². The maximum Gasteiger partial charge on any atom is 0.338 e. The van der Waals surface area contributed by atoms with Gasteiger partial charge in [-0.15, -0.1) is 0 Å². The normalized spacial score (nSPS) is 15.4. The van der Waals surface area contributed by atoms with Gasteiger partial charge in [0.25, 0.3) is 5.91 Å². The van der Waals surface area contributed by atoms with Crippen LogP contribution in [0, 0.1) is 0 Å². The molecule has 0 N–H and O–H groups in total. The number of carbonyl (C=O) groups is 2. The van der Waals surface area contributed by atoms with Gasteiger partial charge in [0.2, 0.25) is 0 Å². The number of carbonyl (C=O) groups excluding carboxylic acids is 2. The number of halogens is 1. The molecular formula is C21H18ClNO3S2. The molecule has 7 heteroatoms. The van der Waals surface area contributed by atoms with E-state index in [2.05, 4.69) is 0 Å². The van der Waals surface area contributed by atoms with Crippen molar-refractivity contribution in [2.24, 2.45) is 0 Å². The van der Waals surface area contributed by atoms with Gasteiger partial charge in [-0.3, -0.25) is 9.69 Å². The van der Waals surface area contributed by atoms with Crippen molar-refractivity contribution in [3.8, 4) is 0 Å². The fraction of sp³-hybridized carbons (Fsp3) is 0.190. The summed E-state index contributed by atoms with van der Waals surface area (Å²) in [6.07, 6.45) is 3.58. The highest BCUT2D eigenvalue weighted by Crippen LogP contribution is 2.36. The zero-order valence-corrected chi connectivity index (χ0v) is 17.6. The van der Waals surface area contributed by atoms with Crippen molar-refractivity contribution in [1.82, 2.24) is 0 Å². The molecule has 2 aromatic carbocycles. The van der Waals surface area contributed by atoms with Gasteiger partial charge in [0, 0.05) is 5.02 Å². The molecule has 0 aromatic heterocycles. The van der Waals surface area contributed by atoms with Gasteiger partial charge in [0.05, 0.1) is 22.8 Å². The van der Waals surface area contributed by atoms with Gasteiger partial charge in [0.15, 0.2) is 4.32 Å². The van der Waals surface area contributed by atoms with Crippen molar-refractivity contribution in [3.63, 3.8) is 0 Å². The third-order valence-corrected chi connectivity index (χ3v) is 5.61. The first-order chi connectivity index (χ1) is 13.5. The Morgan fingerprint density at radius 2 is 1.86 bits per heavy atom. The Morgan fingerprint density at radius 3 is 2.50 bits per heavy atom. The molecule has 0 atom stereocenters. The standard InChI is InChI=1S/C21H18ClNO3S2/c1-2-3-12-26-20(25)15-6-10-17(11-7-15)23-19(24)18(28-21(23)27)13-14-4-8-16(22)9-5-14/h4-11,13H,2-3,12H2,1H3/b18-13-. The fourth-order valence-corrected chi connectivity index (χ4v) is 3.96. The van der Waals surface area contributed by atoms with Crippen LogP contribution in [0.4, 0.5) is 5.69 Å². The number of ether oxygens (including phenoxy) is 1. The molecule has 28 heavy (non-hydrogen) atoms. The molecule has 0 spiro atoms. The van der Waals surface area contributed by atoms with E-state index in [1.807, 2.05) is 19.1 Å². The van der Waals surface area contributed by atoms with Crippen LogP contribution in [0.5, 0.6) is 0 Å². The molecule has 0 aliphatic carbocycles. The van der Waals surface area contributed by atoms with Crippen LogP contribution in [0.15, 0.2) is 53.4 Å². The Kier molecular flexibility index (Phi) is 6.88. The number of hydrogen-bond donors (Lipinski definition) is 0. The molecule has 1 aliphatic rings. The number of rotatable bonds is 6. The van der Waals surface area contributed by atoms with E-state index in [0.29, 0.717) is 32.1 Å². The Labute approximate surface area is 178 Å². The van der Waals surface area contributed by atoms with Crippen molar-refractivity contribution in [1.29, 1.82) is 0 Å². The summed E-state index contributed by atoms with van der Waals surface area (Å²) < 4.78 is 5.65. The molecular weight excluding hydrogens is 414 g/mol. The molecule has 3 rings (SSSR count). The van der Waals surface area contributed by atoms with Gasteiger partial charge in [-0.1, -0.05) is 61.1 Å². The minimum Gasteiger partial charge on any atom is -0.462 e. The van der Waals surface area contributed by atoms with Crippen molar-refractivity contribution < 1.29 is 14.3 Å². The molecule has 1 fully saturated rings. The number of thiocarbonyl (C=S) groups is 1. The first-order valence-corrected chi connectivity index (χ1v) is 10.4. The van der Waals surface area contributed by atoms with E-state index in [-0.39, 0.29) is 11.9 Å². The van der Waals surface area contributed by atoms with E-state index < -0.39 is 0 Å². The van der Waals surface area contributed by atoms with Crippen molar-refractivity contribution in [2.75, 3.05) is 11.5 Å². The van der Waals surface area contributed by atoms with Crippen LogP contribution in [-0.4, -0.2) is 22.8 Å². The molecule has 1 saturated heterocycles. The van der Waals surface area contributed by atoms with E-state index in [0.717, 1.165) is 18.4 Å². The molecule has 0 radical (unpaired) electrons. The Bertz CT molecular complexity index is 924. The van der Waals surface area contributed by atoms with Gasteiger partial charge in [-0.25, -0.2) is 4.79 Å². The van der Waals surface area contributed by atoms with Crippen LogP contribution >= 0.6 is 35.6 Å².